The lowest BCUT2D eigenvalue weighted by molar-refractivity contribution is 0.0698. The maximum absolute atomic E-state index is 13.1. The van der Waals surface area contributed by atoms with Gasteiger partial charge >= 0.3 is 0 Å². The highest BCUT2D eigenvalue weighted by atomic mass is 32.1. The normalized spacial score (nSPS) is 15.5. The van der Waals surface area contributed by atoms with E-state index in [0.29, 0.717) is 11.5 Å². The van der Waals surface area contributed by atoms with Crippen molar-refractivity contribution in [2.24, 2.45) is 5.92 Å². The van der Waals surface area contributed by atoms with E-state index in [0.717, 1.165) is 42.2 Å². The predicted molar refractivity (Wildman–Crippen MR) is 101 cm³/mol. The minimum absolute atomic E-state index is 0.0949. The molecular formula is C20H21N3OS. The Kier molecular flexibility index (Phi) is 4.40. The molecule has 0 spiro atoms. The van der Waals surface area contributed by atoms with E-state index in [1.807, 2.05) is 63.6 Å². The Balaban J connectivity index is 1.73. The molecule has 1 saturated heterocycles. The number of rotatable bonds is 3. The third-order valence-corrected chi connectivity index (χ3v) is 5.67. The molecule has 128 valence electrons. The molecule has 25 heavy (non-hydrogen) atoms. The van der Waals surface area contributed by atoms with Crippen LogP contribution in [-0.2, 0) is 0 Å². The summed E-state index contributed by atoms with van der Waals surface area (Å²) in [5.41, 5.74) is 2.44. The predicted octanol–water partition coefficient (Wildman–Crippen LogP) is 4.47. The van der Waals surface area contributed by atoms with Gasteiger partial charge in [-0.2, -0.15) is 5.10 Å². The number of nitrogens with zero attached hydrogens (tertiary/aromatic N) is 3. The number of para-hydroxylation sites is 1. The van der Waals surface area contributed by atoms with E-state index in [4.69, 9.17) is 5.10 Å². The summed E-state index contributed by atoms with van der Waals surface area (Å²) in [5, 5.41) is 6.75. The van der Waals surface area contributed by atoms with Crippen molar-refractivity contribution in [1.29, 1.82) is 0 Å². The molecule has 0 N–H and O–H groups in total. The molecule has 1 aliphatic heterocycles. The quantitative estimate of drug-likeness (QED) is 0.698. The van der Waals surface area contributed by atoms with Gasteiger partial charge in [0.25, 0.3) is 5.91 Å². The van der Waals surface area contributed by atoms with Crippen LogP contribution in [0.5, 0.6) is 0 Å². The van der Waals surface area contributed by atoms with Crippen molar-refractivity contribution in [3.63, 3.8) is 0 Å². The first-order valence-corrected chi connectivity index (χ1v) is 9.58. The van der Waals surface area contributed by atoms with Crippen molar-refractivity contribution >= 4 is 17.2 Å². The van der Waals surface area contributed by atoms with Crippen molar-refractivity contribution in [3.05, 3.63) is 59.6 Å². The summed E-state index contributed by atoms with van der Waals surface area (Å²) >= 11 is 1.62. The van der Waals surface area contributed by atoms with E-state index in [1.165, 1.54) is 0 Å². The molecule has 4 nitrogen and oxygen atoms in total. The summed E-state index contributed by atoms with van der Waals surface area (Å²) < 4.78 is 1.81. The van der Waals surface area contributed by atoms with E-state index >= 15 is 0 Å². The topological polar surface area (TPSA) is 38.1 Å². The Morgan fingerprint density at radius 3 is 2.56 bits per heavy atom. The third-order valence-electron chi connectivity index (χ3n) is 4.79. The number of hydrogen-bond donors (Lipinski definition) is 0. The molecule has 1 aliphatic rings. The van der Waals surface area contributed by atoms with Crippen LogP contribution in [0.2, 0.25) is 0 Å². The van der Waals surface area contributed by atoms with E-state index in [1.54, 1.807) is 11.3 Å². The van der Waals surface area contributed by atoms with Crippen molar-refractivity contribution < 1.29 is 4.79 Å². The molecule has 1 aromatic carbocycles. The summed E-state index contributed by atoms with van der Waals surface area (Å²) in [4.78, 5) is 16.2. The average molecular weight is 351 g/mol. The smallest absolute Gasteiger partial charge is 0.257 e. The summed E-state index contributed by atoms with van der Waals surface area (Å²) in [5.74, 6) is 0.797. The fourth-order valence-electron chi connectivity index (χ4n) is 3.22. The summed E-state index contributed by atoms with van der Waals surface area (Å²) in [6.45, 7) is 3.92. The molecule has 0 saturated carbocycles. The molecule has 3 heterocycles. The SMILES string of the molecule is CC1CCN(C(=O)c2cn(-c3ccccc3)nc2-c2cccs2)CC1. The number of benzene rings is 1. The molecule has 5 heteroatoms. The molecule has 2 aromatic heterocycles. The zero-order chi connectivity index (χ0) is 17.2. The van der Waals surface area contributed by atoms with Gasteiger partial charge in [0.1, 0.15) is 5.69 Å². The maximum Gasteiger partial charge on any atom is 0.257 e. The Labute approximate surface area is 151 Å². The van der Waals surface area contributed by atoms with Gasteiger partial charge in [0, 0.05) is 19.3 Å². The molecule has 1 fully saturated rings. The van der Waals surface area contributed by atoms with Crippen LogP contribution >= 0.6 is 11.3 Å². The molecule has 1 amide bonds. The summed E-state index contributed by atoms with van der Waals surface area (Å²) in [6.07, 6.45) is 4.03. The number of amides is 1. The number of thiophene rings is 1. The van der Waals surface area contributed by atoms with Gasteiger partial charge in [0.2, 0.25) is 0 Å². The van der Waals surface area contributed by atoms with E-state index in [2.05, 4.69) is 6.92 Å². The monoisotopic (exact) mass is 351 g/mol. The standard InChI is InChI=1S/C20H21N3OS/c1-15-9-11-22(12-10-15)20(24)17-14-23(16-6-3-2-4-7-16)21-19(17)18-8-5-13-25-18/h2-8,13-15H,9-12H2,1H3. The average Bonchev–Trinajstić information content (AvgIpc) is 3.32. The second kappa shape index (κ2) is 6.84. The van der Waals surface area contributed by atoms with Crippen LogP contribution in [0.3, 0.4) is 0 Å². The zero-order valence-electron chi connectivity index (χ0n) is 14.3. The van der Waals surface area contributed by atoms with Crippen LogP contribution in [-0.4, -0.2) is 33.7 Å². The highest BCUT2D eigenvalue weighted by Gasteiger charge is 2.26. The minimum atomic E-state index is 0.0949. The van der Waals surface area contributed by atoms with Crippen LogP contribution in [0.1, 0.15) is 30.1 Å². The lowest BCUT2D eigenvalue weighted by Crippen LogP contribution is -2.38. The first-order chi connectivity index (χ1) is 12.2. The molecule has 0 aliphatic carbocycles. The van der Waals surface area contributed by atoms with Crippen molar-refractivity contribution in [2.75, 3.05) is 13.1 Å². The molecule has 0 bridgehead atoms. The van der Waals surface area contributed by atoms with Gasteiger partial charge in [0.15, 0.2) is 0 Å². The largest absolute Gasteiger partial charge is 0.339 e. The third kappa shape index (κ3) is 3.24. The van der Waals surface area contributed by atoms with Crippen molar-refractivity contribution in [1.82, 2.24) is 14.7 Å². The fourth-order valence-corrected chi connectivity index (χ4v) is 3.94. The lowest BCUT2D eigenvalue weighted by atomic mass is 9.98. The van der Waals surface area contributed by atoms with Gasteiger partial charge in [-0.25, -0.2) is 4.68 Å². The highest BCUT2D eigenvalue weighted by Crippen LogP contribution is 2.29. The molecule has 0 atom stereocenters. The Morgan fingerprint density at radius 1 is 1.12 bits per heavy atom. The van der Waals surface area contributed by atoms with Gasteiger partial charge in [-0.1, -0.05) is 31.2 Å². The molecule has 0 unspecified atom stereocenters. The number of piperidine rings is 1. The van der Waals surface area contributed by atoms with Crippen molar-refractivity contribution in [2.45, 2.75) is 19.8 Å². The number of carbonyl (C=O) groups excluding carboxylic acids is 1. The van der Waals surface area contributed by atoms with Gasteiger partial charge in [-0.3, -0.25) is 4.79 Å². The number of carbonyl (C=O) groups is 1. The first-order valence-electron chi connectivity index (χ1n) is 8.70. The van der Waals surface area contributed by atoms with Gasteiger partial charge in [-0.15, -0.1) is 11.3 Å². The van der Waals surface area contributed by atoms with E-state index in [9.17, 15) is 4.79 Å². The second-order valence-electron chi connectivity index (χ2n) is 6.62. The van der Waals surface area contributed by atoms with Crippen molar-refractivity contribution in [3.8, 4) is 16.3 Å². The number of aromatic nitrogens is 2. The maximum atomic E-state index is 13.1. The number of likely N-dealkylation sites (tertiary alicyclic amines) is 1. The highest BCUT2D eigenvalue weighted by molar-refractivity contribution is 7.13. The first kappa shape index (κ1) is 16.1. The summed E-state index contributed by atoms with van der Waals surface area (Å²) in [6, 6.07) is 14.0. The van der Waals surface area contributed by atoms with Gasteiger partial charge in [-0.05, 0) is 42.3 Å². The van der Waals surface area contributed by atoms with Gasteiger partial charge in [0.05, 0.1) is 16.1 Å². The van der Waals surface area contributed by atoms with Crippen LogP contribution in [0.15, 0.2) is 54.0 Å². The van der Waals surface area contributed by atoms with E-state index < -0.39 is 0 Å². The second-order valence-corrected chi connectivity index (χ2v) is 7.57. The van der Waals surface area contributed by atoms with E-state index in [-0.39, 0.29) is 5.91 Å². The molecule has 3 aromatic rings. The molecule has 0 radical (unpaired) electrons. The minimum Gasteiger partial charge on any atom is -0.339 e. The lowest BCUT2D eigenvalue weighted by Gasteiger charge is -2.30. The number of hydrogen-bond acceptors (Lipinski definition) is 3. The molecule has 4 rings (SSSR count). The molecular weight excluding hydrogens is 330 g/mol. The summed E-state index contributed by atoms with van der Waals surface area (Å²) in [7, 11) is 0. The fraction of sp³-hybridized carbons (Fsp3) is 0.300. The van der Waals surface area contributed by atoms with Crippen LogP contribution in [0.4, 0.5) is 0 Å². The van der Waals surface area contributed by atoms with Crippen LogP contribution < -0.4 is 0 Å². The Bertz CT molecular complexity index is 846. The van der Waals surface area contributed by atoms with Crippen LogP contribution in [0.25, 0.3) is 16.3 Å². The Morgan fingerprint density at radius 2 is 1.88 bits per heavy atom. The Hall–Kier alpha value is -2.40. The van der Waals surface area contributed by atoms with Gasteiger partial charge < -0.3 is 4.90 Å². The zero-order valence-corrected chi connectivity index (χ0v) is 15.1. The van der Waals surface area contributed by atoms with Crippen LogP contribution in [0, 0.1) is 5.92 Å².